The van der Waals surface area contributed by atoms with E-state index in [1.54, 1.807) is 7.11 Å². The Morgan fingerprint density at radius 1 is 1.20 bits per heavy atom. The van der Waals surface area contributed by atoms with E-state index in [2.05, 4.69) is 32.1 Å². The summed E-state index contributed by atoms with van der Waals surface area (Å²) in [6.45, 7) is 4.06. The largest absolute Gasteiger partial charge is 0.467 e. The fraction of sp³-hybridized carbons (Fsp3) is 0.786. The molecule has 1 aromatic heterocycles. The van der Waals surface area contributed by atoms with Crippen LogP contribution in [0.2, 0.25) is 0 Å². The van der Waals surface area contributed by atoms with Gasteiger partial charge in [-0.25, -0.2) is 0 Å². The molecule has 0 atom stereocenters. The average Bonchev–Trinajstić information content (AvgIpc) is 3.35. The number of aromatic nitrogens is 3. The molecule has 0 aromatic carbocycles. The van der Waals surface area contributed by atoms with Crippen LogP contribution in [-0.2, 0) is 0 Å². The average molecular weight is 277 g/mol. The second kappa shape index (κ2) is 5.81. The molecule has 1 N–H and O–H groups in total. The highest BCUT2D eigenvalue weighted by Crippen LogP contribution is 2.36. The van der Waals surface area contributed by atoms with Crippen molar-refractivity contribution in [1.82, 2.24) is 15.0 Å². The molecule has 20 heavy (non-hydrogen) atoms. The number of anilines is 2. The summed E-state index contributed by atoms with van der Waals surface area (Å²) in [4.78, 5) is 15.6. The van der Waals surface area contributed by atoms with Crippen molar-refractivity contribution in [2.75, 3.05) is 30.4 Å². The summed E-state index contributed by atoms with van der Waals surface area (Å²) < 4.78 is 5.22. The Balaban J connectivity index is 1.80. The van der Waals surface area contributed by atoms with Crippen LogP contribution in [0.4, 0.5) is 11.9 Å². The molecule has 2 aliphatic carbocycles. The van der Waals surface area contributed by atoms with E-state index < -0.39 is 0 Å². The Morgan fingerprint density at radius 2 is 2.00 bits per heavy atom. The maximum atomic E-state index is 5.22. The summed E-state index contributed by atoms with van der Waals surface area (Å²) in [5.41, 5.74) is 0. The van der Waals surface area contributed by atoms with Gasteiger partial charge in [0.1, 0.15) is 0 Å². The second-order valence-electron chi connectivity index (χ2n) is 5.70. The number of rotatable bonds is 8. The van der Waals surface area contributed by atoms with Gasteiger partial charge in [0.15, 0.2) is 0 Å². The highest BCUT2D eigenvalue weighted by atomic mass is 16.5. The number of methoxy groups -OCH3 is 1. The third-order valence-electron chi connectivity index (χ3n) is 3.72. The molecule has 3 rings (SSSR count). The van der Waals surface area contributed by atoms with E-state index in [0.717, 1.165) is 31.4 Å². The minimum atomic E-state index is 0.398. The fourth-order valence-corrected chi connectivity index (χ4v) is 2.24. The molecule has 6 heteroatoms. The number of hydrogen-bond donors (Lipinski definition) is 1. The van der Waals surface area contributed by atoms with Crippen LogP contribution in [-0.4, -0.2) is 41.2 Å². The van der Waals surface area contributed by atoms with E-state index in [9.17, 15) is 0 Å². The van der Waals surface area contributed by atoms with E-state index >= 15 is 0 Å². The third kappa shape index (κ3) is 3.29. The lowest BCUT2D eigenvalue weighted by Gasteiger charge is -2.22. The molecule has 0 radical (unpaired) electrons. The van der Waals surface area contributed by atoms with Crippen molar-refractivity contribution in [1.29, 1.82) is 0 Å². The molecule has 2 aliphatic rings. The predicted molar refractivity (Wildman–Crippen MR) is 78.3 cm³/mol. The zero-order chi connectivity index (χ0) is 13.9. The third-order valence-corrected chi connectivity index (χ3v) is 3.72. The SMILES string of the molecule is CCCNc1nc(OC)nc(N(CC2CC2)C2CC2)n1. The van der Waals surface area contributed by atoms with Crippen molar-refractivity contribution < 1.29 is 4.74 Å². The minimum absolute atomic E-state index is 0.398. The first-order chi connectivity index (χ1) is 9.80. The number of nitrogens with one attached hydrogen (secondary N) is 1. The van der Waals surface area contributed by atoms with Crippen LogP contribution in [0, 0.1) is 5.92 Å². The number of nitrogens with zero attached hydrogens (tertiary/aromatic N) is 4. The maximum Gasteiger partial charge on any atom is 0.322 e. The van der Waals surface area contributed by atoms with Gasteiger partial charge in [-0.15, -0.1) is 0 Å². The highest BCUT2D eigenvalue weighted by molar-refractivity contribution is 5.41. The zero-order valence-corrected chi connectivity index (χ0v) is 12.3. The number of ether oxygens (including phenoxy) is 1. The van der Waals surface area contributed by atoms with Crippen molar-refractivity contribution >= 4 is 11.9 Å². The smallest absolute Gasteiger partial charge is 0.322 e. The Kier molecular flexibility index (Phi) is 3.89. The first-order valence-electron chi connectivity index (χ1n) is 7.60. The van der Waals surface area contributed by atoms with Gasteiger partial charge in [0, 0.05) is 19.1 Å². The normalized spacial score (nSPS) is 17.9. The van der Waals surface area contributed by atoms with Gasteiger partial charge in [0.2, 0.25) is 11.9 Å². The van der Waals surface area contributed by atoms with Gasteiger partial charge in [-0.05, 0) is 38.0 Å². The Hall–Kier alpha value is -1.59. The molecule has 0 aliphatic heterocycles. The van der Waals surface area contributed by atoms with Crippen molar-refractivity contribution in [3.63, 3.8) is 0 Å². The van der Waals surface area contributed by atoms with Crippen LogP contribution in [0.3, 0.4) is 0 Å². The van der Waals surface area contributed by atoms with Gasteiger partial charge in [-0.2, -0.15) is 15.0 Å². The molecule has 0 amide bonds. The van der Waals surface area contributed by atoms with Crippen molar-refractivity contribution in [3.8, 4) is 6.01 Å². The standard InChI is InChI=1S/C14H23N5O/c1-3-8-15-12-16-13(18-14(17-12)20-2)19(11-6-7-11)9-10-4-5-10/h10-11H,3-9H2,1-2H3,(H,15,16,17,18). The van der Waals surface area contributed by atoms with E-state index in [1.807, 2.05) is 0 Å². The van der Waals surface area contributed by atoms with Gasteiger partial charge in [0.05, 0.1) is 7.11 Å². The van der Waals surface area contributed by atoms with Crippen LogP contribution >= 0.6 is 0 Å². The number of hydrogen-bond acceptors (Lipinski definition) is 6. The predicted octanol–water partition coefficient (Wildman–Crippen LogP) is 2.08. The van der Waals surface area contributed by atoms with E-state index in [-0.39, 0.29) is 0 Å². The Bertz CT molecular complexity index is 459. The van der Waals surface area contributed by atoms with Crippen LogP contribution < -0.4 is 15.0 Å². The second-order valence-corrected chi connectivity index (χ2v) is 5.70. The molecule has 2 saturated carbocycles. The quantitative estimate of drug-likeness (QED) is 0.785. The minimum Gasteiger partial charge on any atom is -0.467 e. The molecule has 2 fully saturated rings. The molecular formula is C14H23N5O. The lowest BCUT2D eigenvalue weighted by molar-refractivity contribution is 0.378. The molecule has 0 unspecified atom stereocenters. The summed E-state index contributed by atoms with van der Waals surface area (Å²) in [7, 11) is 1.60. The molecule has 110 valence electrons. The first-order valence-corrected chi connectivity index (χ1v) is 7.60. The van der Waals surface area contributed by atoms with Crippen LogP contribution in [0.1, 0.15) is 39.0 Å². The highest BCUT2D eigenvalue weighted by Gasteiger charge is 2.35. The Labute approximate surface area is 120 Å². The fourth-order valence-electron chi connectivity index (χ4n) is 2.24. The molecule has 0 bridgehead atoms. The summed E-state index contributed by atoms with van der Waals surface area (Å²) in [5, 5.41) is 3.22. The summed E-state index contributed by atoms with van der Waals surface area (Å²) in [5.74, 6) is 2.21. The van der Waals surface area contributed by atoms with E-state index in [0.29, 0.717) is 18.0 Å². The summed E-state index contributed by atoms with van der Waals surface area (Å²) in [6.07, 6.45) is 6.22. The molecular weight excluding hydrogens is 254 g/mol. The van der Waals surface area contributed by atoms with Crippen LogP contribution in [0.15, 0.2) is 0 Å². The molecule has 0 saturated heterocycles. The van der Waals surface area contributed by atoms with Gasteiger partial charge in [-0.3, -0.25) is 0 Å². The zero-order valence-electron chi connectivity index (χ0n) is 12.3. The van der Waals surface area contributed by atoms with Crippen LogP contribution in [0.5, 0.6) is 6.01 Å². The lowest BCUT2D eigenvalue weighted by Crippen LogP contribution is -2.30. The van der Waals surface area contributed by atoms with Gasteiger partial charge in [0.25, 0.3) is 0 Å². The summed E-state index contributed by atoms with van der Waals surface area (Å²) >= 11 is 0. The summed E-state index contributed by atoms with van der Waals surface area (Å²) in [6, 6.07) is 1.01. The molecule has 6 nitrogen and oxygen atoms in total. The molecule has 0 spiro atoms. The topological polar surface area (TPSA) is 63.2 Å². The van der Waals surface area contributed by atoms with Gasteiger partial charge < -0.3 is 15.0 Å². The first kappa shape index (κ1) is 13.4. The van der Waals surface area contributed by atoms with Crippen LogP contribution in [0.25, 0.3) is 0 Å². The van der Waals surface area contributed by atoms with Crippen molar-refractivity contribution in [2.24, 2.45) is 5.92 Å². The molecule has 1 heterocycles. The van der Waals surface area contributed by atoms with Gasteiger partial charge >= 0.3 is 6.01 Å². The van der Waals surface area contributed by atoms with E-state index in [1.165, 1.54) is 25.7 Å². The van der Waals surface area contributed by atoms with Crippen molar-refractivity contribution in [3.05, 3.63) is 0 Å². The monoisotopic (exact) mass is 277 g/mol. The van der Waals surface area contributed by atoms with Crippen molar-refractivity contribution in [2.45, 2.75) is 45.1 Å². The molecule has 1 aromatic rings. The lowest BCUT2D eigenvalue weighted by atomic mass is 10.3. The maximum absolute atomic E-state index is 5.22. The van der Waals surface area contributed by atoms with E-state index in [4.69, 9.17) is 4.74 Å². The van der Waals surface area contributed by atoms with Gasteiger partial charge in [-0.1, -0.05) is 6.92 Å². The Morgan fingerprint density at radius 3 is 2.60 bits per heavy atom.